The fraction of sp³-hybridized carbons (Fsp3) is 0.526. The number of nitrogens with zero attached hydrogens (tertiary/aromatic N) is 1. The van der Waals surface area contributed by atoms with Gasteiger partial charge in [-0.15, -0.1) is 0 Å². The van der Waals surface area contributed by atoms with Crippen molar-refractivity contribution in [3.8, 4) is 0 Å². The summed E-state index contributed by atoms with van der Waals surface area (Å²) in [6.07, 6.45) is -1.95. The molecule has 0 aromatic heterocycles. The van der Waals surface area contributed by atoms with Gasteiger partial charge in [0, 0.05) is 5.02 Å². The zero-order valence-electron chi connectivity index (χ0n) is 16.4. The maximum atomic E-state index is 12.5. The van der Waals surface area contributed by atoms with Crippen LogP contribution in [0.3, 0.4) is 0 Å². The number of amides is 2. The SMILES string of the molecule is CC(C)(C)OC(=O)N(C[C@@H](C(=O)O)c1ccc(Cl)cc1)C(=O)OC(C)(C)C. The van der Waals surface area contributed by atoms with Gasteiger partial charge >= 0.3 is 18.2 Å². The Morgan fingerprint density at radius 1 is 0.963 bits per heavy atom. The summed E-state index contributed by atoms with van der Waals surface area (Å²) in [5, 5.41) is 10.1. The van der Waals surface area contributed by atoms with Gasteiger partial charge in [-0.3, -0.25) is 4.79 Å². The van der Waals surface area contributed by atoms with Gasteiger partial charge in [-0.05, 0) is 59.2 Å². The molecule has 1 aromatic carbocycles. The number of carbonyl (C=O) groups is 3. The molecule has 1 atom stereocenters. The van der Waals surface area contributed by atoms with Crippen LogP contribution in [0.25, 0.3) is 0 Å². The van der Waals surface area contributed by atoms with Crippen molar-refractivity contribution >= 4 is 29.8 Å². The van der Waals surface area contributed by atoms with Crippen LogP contribution < -0.4 is 0 Å². The Morgan fingerprint density at radius 3 is 1.70 bits per heavy atom. The Kier molecular flexibility index (Phi) is 7.25. The predicted octanol–water partition coefficient (Wildman–Crippen LogP) is 4.68. The molecule has 0 unspecified atom stereocenters. The van der Waals surface area contributed by atoms with Crippen LogP contribution in [-0.4, -0.2) is 45.9 Å². The minimum atomic E-state index is -1.20. The highest BCUT2D eigenvalue weighted by atomic mass is 35.5. The Bertz CT molecular complexity index is 660. The predicted molar refractivity (Wildman–Crippen MR) is 101 cm³/mol. The second kappa shape index (κ2) is 8.61. The van der Waals surface area contributed by atoms with Crippen LogP contribution in [0.15, 0.2) is 24.3 Å². The molecule has 0 bridgehead atoms. The van der Waals surface area contributed by atoms with Crippen LogP contribution >= 0.6 is 11.6 Å². The summed E-state index contributed by atoms with van der Waals surface area (Å²) in [4.78, 5) is 37.5. The molecular weight excluding hydrogens is 374 g/mol. The number of carboxylic acid groups (broad SMARTS) is 1. The molecule has 150 valence electrons. The van der Waals surface area contributed by atoms with Gasteiger partial charge in [0.15, 0.2) is 0 Å². The summed E-state index contributed by atoms with van der Waals surface area (Å²) < 4.78 is 10.5. The number of benzene rings is 1. The molecule has 1 N–H and O–H groups in total. The zero-order valence-corrected chi connectivity index (χ0v) is 17.2. The summed E-state index contributed by atoms with van der Waals surface area (Å²) >= 11 is 5.84. The van der Waals surface area contributed by atoms with E-state index >= 15 is 0 Å². The van der Waals surface area contributed by atoms with Gasteiger partial charge in [-0.1, -0.05) is 23.7 Å². The minimum Gasteiger partial charge on any atom is -0.481 e. The van der Waals surface area contributed by atoms with Gasteiger partial charge in [-0.2, -0.15) is 0 Å². The number of halogens is 1. The third-order valence-corrected chi connectivity index (χ3v) is 3.42. The van der Waals surface area contributed by atoms with Crippen LogP contribution in [-0.2, 0) is 14.3 Å². The van der Waals surface area contributed by atoms with Crippen molar-refractivity contribution in [2.45, 2.75) is 58.7 Å². The van der Waals surface area contributed by atoms with Crippen molar-refractivity contribution < 1.29 is 29.0 Å². The van der Waals surface area contributed by atoms with E-state index in [0.29, 0.717) is 15.5 Å². The Labute approximate surface area is 164 Å². The van der Waals surface area contributed by atoms with E-state index < -0.39 is 41.8 Å². The highest BCUT2D eigenvalue weighted by molar-refractivity contribution is 6.30. The fourth-order valence-corrected chi connectivity index (χ4v) is 2.19. The van der Waals surface area contributed by atoms with Crippen molar-refractivity contribution in [3.63, 3.8) is 0 Å². The molecule has 0 spiro atoms. The smallest absolute Gasteiger partial charge is 0.419 e. The topological polar surface area (TPSA) is 93.1 Å². The first-order chi connectivity index (χ1) is 12.2. The molecule has 27 heavy (non-hydrogen) atoms. The first kappa shape index (κ1) is 22.8. The molecule has 0 aliphatic carbocycles. The first-order valence-electron chi connectivity index (χ1n) is 8.41. The van der Waals surface area contributed by atoms with Gasteiger partial charge < -0.3 is 14.6 Å². The number of rotatable bonds is 4. The molecule has 2 amide bonds. The number of ether oxygens (including phenoxy) is 2. The number of hydrogen-bond donors (Lipinski definition) is 1. The number of aliphatic carboxylic acids is 1. The number of carboxylic acids is 1. The third-order valence-electron chi connectivity index (χ3n) is 3.16. The van der Waals surface area contributed by atoms with E-state index in [1.807, 2.05) is 0 Å². The second-order valence-electron chi connectivity index (χ2n) is 8.01. The Morgan fingerprint density at radius 2 is 1.37 bits per heavy atom. The Balaban J connectivity index is 3.18. The summed E-state index contributed by atoms with van der Waals surface area (Å²) in [5.41, 5.74) is -1.34. The molecule has 7 nitrogen and oxygen atoms in total. The summed E-state index contributed by atoms with van der Waals surface area (Å²) in [6.45, 7) is 9.43. The summed E-state index contributed by atoms with van der Waals surface area (Å²) in [7, 11) is 0. The monoisotopic (exact) mass is 399 g/mol. The summed E-state index contributed by atoms with van der Waals surface area (Å²) in [6, 6.07) is 6.14. The highest BCUT2D eigenvalue weighted by Crippen LogP contribution is 2.23. The maximum absolute atomic E-state index is 12.5. The van der Waals surface area contributed by atoms with E-state index in [1.54, 1.807) is 41.5 Å². The quantitative estimate of drug-likeness (QED) is 0.789. The molecule has 0 aliphatic heterocycles. The molecule has 1 rings (SSSR count). The molecule has 8 heteroatoms. The van der Waals surface area contributed by atoms with Crippen LogP contribution in [0.5, 0.6) is 0 Å². The van der Waals surface area contributed by atoms with E-state index in [1.165, 1.54) is 24.3 Å². The molecule has 0 aliphatic rings. The van der Waals surface area contributed by atoms with Gasteiger partial charge in [0.05, 0.1) is 6.54 Å². The van der Waals surface area contributed by atoms with E-state index in [0.717, 1.165) is 0 Å². The van der Waals surface area contributed by atoms with Crippen molar-refractivity contribution in [2.75, 3.05) is 6.54 Å². The van der Waals surface area contributed by atoms with E-state index in [4.69, 9.17) is 21.1 Å². The lowest BCUT2D eigenvalue weighted by Crippen LogP contribution is -2.46. The largest absolute Gasteiger partial charge is 0.481 e. The molecule has 0 saturated heterocycles. The summed E-state index contributed by atoms with van der Waals surface area (Å²) in [5.74, 6) is -2.36. The fourth-order valence-electron chi connectivity index (χ4n) is 2.06. The molecule has 0 saturated carbocycles. The molecule has 0 heterocycles. The zero-order chi connectivity index (χ0) is 21.0. The minimum absolute atomic E-state index is 0.393. The van der Waals surface area contributed by atoms with Gasteiger partial charge in [0.1, 0.15) is 17.1 Å². The van der Waals surface area contributed by atoms with Crippen molar-refractivity contribution in [3.05, 3.63) is 34.9 Å². The van der Waals surface area contributed by atoms with Crippen LogP contribution in [0.1, 0.15) is 53.0 Å². The van der Waals surface area contributed by atoms with E-state index in [9.17, 15) is 19.5 Å². The normalized spacial score (nSPS) is 12.9. The van der Waals surface area contributed by atoms with Crippen LogP contribution in [0.4, 0.5) is 9.59 Å². The molecular formula is C19H26ClNO6. The van der Waals surface area contributed by atoms with Gasteiger partial charge in [0.2, 0.25) is 0 Å². The van der Waals surface area contributed by atoms with Gasteiger partial charge in [0.25, 0.3) is 0 Å². The van der Waals surface area contributed by atoms with Crippen molar-refractivity contribution in [1.29, 1.82) is 0 Å². The van der Waals surface area contributed by atoms with Crippen LogP contribution in [0.2, 0.25) is 5.02 Å². The average Bonchev–Trinajstić information content (AvgIpc) is 2.45. The van der Waals surface area contributed by atoms with E-state index in [2.05, 4.69) is 0 Å². The lowest BCUT2D eigenvalue weighted by Gasteiger charge is -2.30. The molecule has 0 radical (unpaired) electrons. The lowest BCUT2D eigenvalue weighted by molar-refractivity contribution is -0.139. The van der Waals surface area contributed by atoms with Crippen LogP contribution in [0, 0.1) is 0 Å². The average molecular weight is 400 g/mol. The third kappa shape index (κ3) is 7.86. The first-order valence-corrected chi connectivity index (χ1v) is 8.79. The maximum Gasteiger partial charge on any atom is 0.419 e. The number of carbonyl (C=O) groups excluding carboxylic acids is 2. The lowest BCUT2D eigenvalue weighted by atomic mass is 9.99. The standard InChI is InChI=1S/C19H26ClNO6/c1-18(2,3)26-16(24)21(17(25)27-19(4,5)6)11-14(15(22)23)12-7-9-13(20)10-8-12/h7-10,14H,11H2,1-6H3,(H,22,23)/t14-/m1/s1. The van der Waals surface area contributed by atoms with E-state index in [-0.39, 0.29) is 0 Å². The molecule has 0 fully saturated rings. The Hall–Kier alpha value is -2.28. The molecule has 1 aromatic rings. The van der Waals surface area contributed by atoms with Crippen molar-refractivity contribution in [2.24, 2.45) is 0 Å². The van der Waals surface area contributed by atoms with Gasteiger partial charge in [-0.25, -0.2) is 14.5 Å². The second-order valence-corrected chi connectivity index (χ2v) is 8.45. The highest BCUT2D eigenvalue weighted by Gasteiger charge is 2.35. The number of hydrogen-bond acceptors (Lipinski definition) is 5. The van der Waals surface area contributed by atoms with Crippen molar-refractivity contribution in [1.82, 2.24) is 4.90 Å². The number of imide groups is 1.